The molecule has 3 heterocycles. The van der Waals surface area contributed by atoms with E-state index in [2.05, 4.69) is 38.5 Å². The van der Waals surface area contributed by atoms with E-state index >= 15 is 0 Å². The molecule has 0 radical (unpaired) electrons. The molecule has 0 aliphatic rings. The van der Waals surface area contributed by atoms with Gasteiger partial charge in [0.15, 0.2) is 0 Å². The number of fused-ring (bicyclic) bond motifs is 1. The number of benzene rings is 1. The van der Waals surface area contributed by atoms with Crippen molar-refractivity contribution in [3.63, 3.8) is 0 Å². The molecule has 0 unspecified atom stereocenters. The third kappa shape index (κ3) is 1.96. The van der Waals surface area contributed by atoms with Gasteiger partial charge in [0.05, 0.1) is 5.69 Å². The maximum Gasteiger partial charge on any atom is 0.254 e. The van der Waals surface area contributed by atoms with E-state index in [0.717, 1.165) is 28.2 Å². The lowest BCUT2D eigenvalue weighted by atomic mass is 10.0. The van der Waals surface area contributed by atoms with Crippen molar-refractivity contribution in [1.29, 1.82) is 0 Å². The topological polar surface area (TPSA) is 60.9 Å². The summed E-state index contributed by atoms with van der Waals surface area (Å²) in [5, 5.41) is 12.3. The van der Waals surface area contributed by atoms with Crippen LogP contribution in [0.25, 0.3) is 28.2 Å². The molecule has 108 valence electrons. The summed E-state index contributed by atoms with van der Waals surface area (Å²) in [5.74, 6) is 1.44. The standard InChI is InChI=1S/C16H14N6/c1-11-19-20-16-17-9-14(10-22(11)16)12-4-3-5-13(8-12)15-6-7-18-21(15)2/h3-10H,1-2H3. The van der Waals surface area contributed by atoms with Crippen LogP contribution in [0.1, 0.15) is 5.82 Å². The predicted molar refractivity (Wildman–Crippen MR) is 83.2 cm³/mol. The van der Waals surface area contributed by atoms with Crippen LogP contribution < -0.4 is 0 Å². The van der Waals surface area contributed by atoms with Gasteiger partial charge < -0.3 is 0 Å². The molecule has 6 nitrogen and oxygen atoms in total. The molecule has 4 aromatic rings. The Labute approximate surface area is 127 Å². The summed E-state index contributed by atoms with van der Waals surface area (Å²) in [7, 11) is 1.94. The number of aromatic nitrogens is 6. The lowest BCUT2D eigenvalue weighted by Crippen LogP contribution is -1.94. The number of hydrogen-bond acceptors (Lipinski definition) is 4. The Hall–Kier alpha value is -3.02. The third-order valence-corrected chi connectivity index (χ3v) is 3.75. The Morgan fingerprint density at radius 3 is 2.68 bits per heavy atom. The summed E-state index contributed by atoms with van der Waals surface area (Å²) in [6.07, 6.45) is 5.64. The van der Waals surface area contributed by atoms with Crippen molar-refractivity contribution in [3.8, 4) is 22.4 Å². The highest BCUT2D eigenvalue weighted by molar-refractivity contribution is 5.71. The molecule has 4 rings (SSSR count). The molecule has 0 amide bonds. The van der Waals surface area contributed by atoms with Gasteiger partial charge in [-0.2, -0.15) is 5.10 Å². The van der Waals surface area contributed by atoms with E-state index in [9.17, 15) is 0 Å². The quantitative estimate of drug-likeness (QED) is 0.569. The van der Waals surface area contributed by atoms with Crippen molar-refractivity contribution in [1.82, 2.24) is 29.4 Å². The van der Waals surface area contributed by atoms with Gasteiger partial charge in [-0.05, 0) is 24.6 Å². The van der Waals surface area contributed by atoms with Crippen LogP contribution in [0.15, 0.2) is 48.9 Å². The Morgan fingerprint density at radius 2 is 1.86 bits per heavy atom. The lowest BCUT2D eigenvalue weighted by Gasteiger charge is -2.06. The average molecular weight is 290 g/mol. The minimum Gasteiger partial charge on any atom is -0.270 e. The zero-order valence-electron chi connectivity index (χ0n) is 12.3. The van der Waals surface area contributed by atoms with Crippen LogP contribution in [-0.2, 0) is 7.05 Å². The monoisotopic (exact) mass is 290 g/mol. The van der Waals surface area contributed by atoms with E-state index in [1.165, 1.54) is 0 Å². The molecular weight excluding hydrogens is 276 g/mol. The van der Waals surface area contributed by atoms with E-state index < -0.39 is 0 Å². The third-order valence-electron chi connectivity index (χ3n) is 3.75. The minimum atomic E-state index is 0.615. The van der Waals surface area contributed by atoms with Crippen LogP contribution in [0.2, 0.25) is 0 Å². The van der Waals surface area contributed by atoms with Crippen molar-refractivity contribution in [2.24, 2.45) is 7.05 Å². The van der Waals surface area contributed by atoms with E-state index in [0.29, 0.717) is 5.78 Å². The van der Waals surface area contributed by atoms with Crippen LogP contribution in [0.5, 0.6) is 0 Å². The fraction of sp³-hybridized carbons (Fsp3) is 0.125. The molecule has 0 N–H and O–H groups in total. The number of nitrogens with zero attached hydrogens (tertiary/aromatic N) is 6. The second-order valence-electron chi connectivity index (χ2n) is 5.18. The van der Waals surface area contributed by atoms with Crippen molar-refractivity contribution in [3.05, 3.63) is 54.7 Å². The maximum atomic E-state index is 4.36. The van der Waals surface area contributed by atoms with Crippen LogP contribution in [0, 0.1) is 6.92 Å². The Bertz CT molecular complexity index is 966. The fourth-order valence-electron chi connectivity index (χ4n) is 2.56. The molecule has 0 fully saturated rings. The highest BCUT2D eigenvalue weighted by atomic mass is 15.3. The second kappa shape index (κ2) is 4.77. The van der Waals surface area contributed by atoms with Crippen molar-refractivity contribution in [2.75, 3.05) is 0 Å². The molecule has 22 heavy (non-hydrogen) atoms. The van der Waals surface area contributed by atoms with E-state index in [1.807, 2.05) is 47.6 Å². The smallest absolute Gasteiger partial charge is 0.254 e. The largest absolute Gasteiger partial charge is 0.270 e. The predicted octanol–water partition coefficient (Wildman–Crippen LogP) is 2.50. The van der Waals surface area contributed by atoms with Gasteiger partial charge in [0.25, 0.3) is 5.78 Å². The van der Waals surface area contributed by atoms with Gasteiger partial charge in [0.1, 0.15) is 5.82 Å². The normalized spacial score (nSPS) is 11.2. The fourth-order valence-corrected chi connectivity index (χ4v) is 2.56. The lowest BCUT2D eigenvalue weighted by molar-refractivity contribution is 0.776. The molecule has 0 bridgehead atoms. The molecule has 0 aliphatic carbocycles. The molecule has 0 atom stereocenters. The molecule has 3 aromatic heterocycles. The SMILES string of the molecule is Cc1nnc2ncc(-c3cccc(-c4ccnn4C)c3)cn12. The molecule has 0 spiro atoms. The molecule has 0 aliphatic heterocycles. The van der Waals surface area contributed by atoms with E-state index in [1.54, 1.807) is 6.20 Å². The van der Waals surface area contributed by atoms with Crippen molar-refractivity contribution < 1.29 is 0 Å². The van der Waals surface area contributed by atoms with E-state index in [4.69, 9.17) is 0 Å². The molecule has 6 heteroatoms. The Morgan fingerprint density at radius 1 is 1.00 bits per heavy atom. The first-order valence-electron chi connectivity index (χ1n) is 6.98. The summed E-state index contributed by atoms with van der Waals surface area (Å²) in [6.45, 7) is 1.91. The maximum absolute atomic E-state index is 4.36. The Balaban J connectivity index is 1.84. The first-order valence-corrected chi connectivity index (χ1v) is 6.98. The number of hydrogen-bond donors (Lipinski definition) is 0. The minimum absolute atomic E-state index is 0.615. The number of rotatable bonds is 2. The highest BCUT2D eigenvalue weighted by Crippen LogP contribution is 2.25. The summed E-state index contributed by atoms with van der Waals surface area (Å²) in [4.78, 5) is 4.36. The van der Waals surface area contributed by atoms with Gasteiger partial charge >= 0.3 is 0 Å². The molecule has 0 saturated heterocycles. The van der Waals surface area contributed by atoms with Gasteiger partial charge in [-0.1, -0.05) is 18.2 Å². The highest BCUT2D eigenvalue weighted by Gasteiger charge is 2.07. The molecule has 1 aromatic carbocycles. The van der Waals surface area contributed by atoms with Gasteiger partial charge in [0.2, 0.25) is 0 Å². The number of aryl methyl sites for hydroxylation is 2. The first-order chi connectivity index (χ1) is 10.7. The van der Waals surface area contributed by atoms with Crippen LogP contribution in [0.3, 0.4) is 0 Å². The zero-order valence-corrected chi connectivity index (χ0v) is 12.3. The van der Waals surface area contributed by atoms with Crippen molar-refractivity contribution >= 4 is 5.78 Å². The zero-order chi connectivity index (χ0) is 15.1. The van der Waals surface area contributed by atoms with Gasteiger partial charge in [-0.15, -0.1) is 10.2 Å². The Kier molecular flexibility index (Phi) is 2.75. The van der Waals surface area contributed by atoms with E-state index in [-0.39, 0.29) is 0 Å². The van der Waals surface area contributed by atoms with Crippen LogP contribution >= 0.6 is 0 Å². The second-order valence-corrected chi connectivity index (χ2v) is 5.18. The van der Waals surface area contributed by atoms with Crippen LogP contribution in [0.4, 0.5) is 0 Å². The summed E-state index contributed by atoms with van der Waals surface area (Å²) < 4.78 is 3.76. The molecular formula is C16H14N6. The van der Waals surface area contributed by atoms with Gasteiger partial charge in [-0.25, -0.2) is 4.98 Å². The van der Waals surface area contributed by atoms with Crippen molar-refractivity contribution in [2.45, 2.75) is 6.92 Å². The molecule has 0 saturated carbocycles. The van der Waals surface area contributed by atoms with Crippen LogP contribution in [-0.4, -0.2) is 29.4 Å². The van der Waals surface area contributed by atoms with Gasteiger partial charge in [0, 0.05) is 36.8 Å². The summed E-state index contributed by atoms with van der Waals surface area (Å²) in [6, 6.07) is 10.3. The first kappa shape index (κ1) is 12.7. The average Bonchev–Trinajstić information content (AvgIpc) is 3.14. The summed E-state index contributed by atoms with van der Waals surface area (Å²) in [5.41, 5.74) is 4.33. The summed E-state index contributed by atoms with van der Waals surface area (Å²) >= 11 is 0. The van der Waals surface area contributed by atoms with Gasteiger partial charge in [-0.3, -0.25) is 9.08 Å².